The molecular weight excluding hydrogens is 301 g/mol. The summed E-state index contributed by atoms with van der Waals surface area (Å²) in [7, 11) is -1.04. The van der Waals surface area contributed by atoms with E-state index in [1.807, 2.05) is 0 Å². The summed E-state index contributed by atoms with van der Waals surface area (Å²) >= 11 is -1.02. The standard InChI is InChI=1S/C12H11OP.2CH3.Al.Ni/c13-14(11-7-3-1-4-8-11)12-9-5-2-6-10-12;;;;/h1-10,14H;2*1H3;;/q;;;+1;. The zero-order chi connectivity index (χ0) is 12.1. The van der Waals surface area contributed by atoms with Crippen molar-refractivity contribution < 1.29 is 20.1 Å². The van der Waals surface area contributed by atoms with E-state index in [2.05, 4.69) is 72.2 Å². The van der Waals surface area contributed by atoms with E-state index in [4.69, 9.17) is 3.58 Å². The van der Waals surface area contributed by atoms with Crippen molar-refractivity contribution in [1.82, 2.24) is 0 Å². The molecule has 0 radical (unpaired) electrons. The van der Waals surface area contributed by atoms with Gasteiger partial charge in [-0.05, 0) is 24.3 Å². The molecule has 18 heavy (non-hydrogen) atoms. The quantitative estimate of drug-likeness (QED) is 0.622. The van der Waals surface area contributed by atoms with Gasteiger partial charge in [-0.1, -0.05) is 48.0 Å². The Balaban J connectivity index is 0.00000162. The van der Waals surface area contributed by atoms with Crippen LogP contribution in [0.5, 0.6) is 0 Å². The van der Waals surface area contributed by atoms with Gasteiger partial charge in [0, 0.05) is 16.5 Å². The molecule has 0 saturated carbocycles. The van der Waals surface area contributed by atoms with Crippen LogP contribution in [0.1, 0.15) is 0 Å². The van der Waals surface area contributed by atoms with E-state index in [1.54, 1.807) is 0 Å². The second-order valence-electron chi connectivity index (χ2n) is 4.23. The van der Waals surface area contributed by atoms with Gasteiger partial charge in [0.1, 0.15) is 10.6 Å². The number of hydrogen-bond donors (Lipinski definition) is 0. The molecule has 0 bridgehead atoms. The third kappa shape index (κ3) is 4.51. The van der Waals surface area contributed by atoms with Crippen molar-refractivity contribution in [1.29, 1.82) is 0 Å². The Morgan fingerprint density at radius 1 is 0.778 bits per heavy atom. The fourth-order valence-electron chi connectivity index (χ4n) is 1.72. The molecule has 0 aromatic heterocycles. The third-order valence-electron chi connectivity index (χ3n) is 2.43. The Bertz CT molecular complexity index is 410. The van der Waals surface area contributed by atoms with Crippen LogP contribution >= 0.6 is 8.15 Å². The fourth-order valence-corrected chi connectivity index (χ4v) is 6.02. The van der Waals surface area contributed by atoms with Crippen LogP contribution in [0.2, 0.25) is 11.6 Å². The largest absolute Gasteiger partial charge is 0.522 e. The minimum Gasteiger partial charge on any atom is -0.357 e. The molecule has 0 amide bonds. The van der Waals surface area contributed by atoms with Crippen LogP contribution < -0.4 is 10.6 Å². The van der Waals surface area contributed by atoms with Gasteiger partial charge in [-0.3, -0.25) is 0 Å². The Morgan fingerprint density at radius 2 is 1.17 bits per heavy atom. The van der Waals surface area contributed by atoms with Gasteiger partial charge in [0.15, 0.2) is 8.15 Å². The number of benzene rings is 2. The van der Waals surface area contributed by atoms with Gasteiger partial charge >= 0.3 is 14.5 Å². The molecular formula is C14H17AlNiOP+. The summed E-state index contributed by atoms with van der Waals surface area (Å²) in [6.07, 6.45) is 0. The van der Waals surface area contributed by atoms with E-state index in [-0.39, 0.29) is 16.5 Å². The molecule has 0 spiro atoms. The summed E-state index contributed by atoms with van der Waals surface area (Å²) in [5.74, 6) is 4.47. The summed E-state index contributed by atoms with van der Waals surface area (Å²) in [5.41, 5.74) is 0. The van der Waals surface area contributed by atoms with E-state index in [0.29, 0.717) is 0 Å². The van der Waals surface area contributed by atoms with Gasteiger partial charge in [0.05, 0.1) is 0 Å². The predicted molar refractivity (Wildman–Crippen MR) is 79.0 cm³/mol. The second kappa shape index (κ2) is 8.11. The van der Waals surface area contributed by atoms with Crippen LogP contribution in [0.15, 0.2) is 60.7 Å². The summed E-state index contributed by atoms with van der Waals surface area (Å²) in [5, 5.41) is 2.68. The maximum atomic E-state index is 6.26. The molecule has 1 nitrogen and oxygen atoms in total. The zero-order valence-electron chi connectivity index (χ0n) is 10.6. The molecule has 0 fully saturated rings. The van der Waals surface area contributed by atoms with Crippen molar-refractivity contribution in [3.8, 4) is 0 Å². The SMILES string of the molecule is [CH3][Al]([CH3])[O][PH+](c1ccccc1)c1ccccc1.[Ni]. The van der Waals surface area contributed by atoms with Crippen molar-refractivity contribution in [3.05, 3.63) is 60.7 Å². The Hall–Kier alpha value is -0.144. The van der Waals surface area contributed by atoms with Gasteiger partial charge in [0.25, 0.3) is 0 Å². The van der Waals surface area contributed by atoms with Crippen molar-refractivity contribution in [2.45, 2.75) is 11.6 Å². The van der Waals surface area contributed by atoms with Crippen LogP contribution in [0.4, 0.5) is 0 Å². The molecule has 2 aromatic rings. The molecule has 0 saturated heterocycles. The van der Waals surface area contributed by atoms with Crippen LogP contribution in [0.3, 0.4) is 0 Å². The summed E-state index contributed by atoms with van der Waals surface area (Å²) in [6, 6.07) is 21.2. The van der Waals surface area contributed by atoms with Crippen LogP contribution in [-0.2, 0) is 20.1 Å². The maximum absolute atomic E-state index is 6.26. The van der Waals surface area contributed by atoms with Crippen LogP contribution in [0.25, 0.3) is 0 Å². The van der Waals surface area contributed by atoms with Crippen molar-refractivity contribution in [3.63, 3.8) is 0 Å². The van der Waals surface area contributed by atoms with Gasteiger partial charge in [-0.25, -0.2) is 0 Å². The summed E-state index contributed by atoms with van der Waals surface area (Å²) < 4.78 is 6.26. The number of hydrogen-bond acceptors (Lipinski definition) is 1. The van der Waals surface area contributed by atoms with E-state index in [1.165, 1.54) is 10.6 Å². The monoisotopic (exact) mass is 317 g/mol. The van der Waals surface area contributed by atoms with Gasteiger partial charge in [-0.2, -0.15) is 0 Å². The van der Waals surface area contributed by atoms with Gasteiger partial charge in [-0.15, -0.1) is 0 Å². The van der Waals surface area contributed by atoms with E-state index in [9.17, 15) is 0 Å². The first-order valence-electron chi connectivity index (χ1n) is 5.92. The van der Waals surface area contributed by atoms with Crippen molar-refractivity contribution in [2.24, 2.45) is 0 Å². The van der Waals surface area contributed by atoms with Gasteiger partial charge in [0.2, 0.25) is 0 Å². The second-order valence-corrected chi connectivity index (χ2v) is 9.08. The first kappa shape index (κ1) is 15.9. The molecule has 0 aliphatic rings. The summed E-state index contributed by atoms with van der Waals surface area (Å²) in [4.78, 5) is 0. The molecule has 0 N–H and O–H groups in total. The molecule has 4 heteroatoms. The molecule has 0 heterocycles. The minimum absolute atomic E-state index is 0. The molecule has 0 aliphatic carbocycles. The van der Waals surface area contributed by atoms with E-state index < -0.39 is 22.6 Å². The normalized spacial score (nSPS) is 9.94. The third-order valence-corrected chi connectivity index (χ3v) is 6.97. The average molecular weight is 318 g/mol. The Labute approximate surface area is 125 Å². The topological polar surface area (TPSA) is 9.23 Å². The molecule has 0 atom stereocenters. The van der Waals surface area contributed by atoms with E-state index in [0.717, 1.165) is 0 Å². The maximum Gasteiger partial charge on any atom is 0.522 e. The van der Waals surface area contributed by atoms with Crippen molar-refractivity contribution >= 4 is 33.2 Å². The predicted octanol–water partition coefficient (Wildman–Crippen LogP) is 3.03. The molecule has 96 valence electrons. The molecule has 2 aromatic carbocycles. The molecule has 0 unspecified atom stereocenters. The van der Waals surface area contributed by atoms with Crippen molar-refractivity contribution in [2.75, 3.05) is 0 Å². The Kier molecular flexibility index (Phi) is 7.17. The van der Waals surface area contributed by atoms with Gasteiger partial charge < -0.3 is 3.58 Å². The van der Waals surface area contributed by atoms with E-state index >= 15 is 0 Å². The first-order chi connectivity index (χ1) is 8.27. The zero-order valence-corrected chi connectivity index (χ0v) is 13.7. The van der Waals surface area contributed by atoms with Crippen LogP contribution in [0, 0.1) is 0 Å². The Morgan fingerprint density at radius 3 is 1.50 bits per heavy atom. The number of rotatable bonds is 4. The smallest absolute Gasteiger partial charge is 0.357 e. The summed E-state index contributed by atoms with van der Waals surface area (Å²) in [6.45, 7) is 0. The molecule has 0 aliphatic heterocycles. The average Bonchev–Trinajstić information content (AvgIpc) is 2.38. The minimum atomic E-state index is -1.04. The fraction of sp³-hybridized carbons (Fsp3) is 0.143. The molecule has 2 rings (SSSR count). The van der Waals surface area contributed by atoms with Crippen LogP contribution in [-0.4, -0.2) is 14.5 Å². The first-order valence-corrected chi connectivity index (χ1v) is 10.1.